The van der Waals surface area contributed by atoms with Crippen molar-refractivity contribution in [1.82, 2.24) is 0 Å². The van der Waals surface area contributed by atoms with Crippen molar-refractivity contribution in [2.75, 3.05) is 0 Å². The van der Waals surface area contributed by atoms with Gasteiger partial charge < -0.3 is 0 Å². The summed E-state index contributed by atoms with van der Waals surface area (Å²) in [7, 11) is 0. The quantitative estimate of drug-likeness (QED) is 0.578. The summed E-state index contributed by atoms with van der Waals surface area (Å²) in [5, 5.41) is 0. The monoisotopic (exact) mass is 296 g/mol. The molecule has 0 aromatic heterocycles. The Morgan fingerprint density at radius 2 is 1.64 bits per heavy atom. The minimum atomic E-state index is -1.86. The average Bonchev–Trinajstić information content (AvgIpc) is 2.14. The number of hydrogen-bond donors (Lipinski definition) is 0. The van der Waals surface area contributed by atoms with Crippen molar-refractivity contribution in [3.8, 4) is 0 Å². The third-order valence-electron chi connectivity index (χ3n) is 2.48. The van der Waals surface area contributed by atoms with Gasteiger partial charge >= 0.3 is 92.1 Å². The van der Waals surface area contributed by atoms with Crippen molar-refractivity contribution in [3.05, 3.63) is 48.0 Å². The summed E-state index contributed by atoms with van der Waals surface area (Å²) >= 11 is -1.86. The van der Waals surface area contributed by atoms with Crippen LogP contribution in [0.3, 0.4) is 0 Å². The van der Waals surface area contributed by atoms with Gasteiger partial charge in [0.1, 0.15) is 0 Å². The van der Waals surface area contributed by atoms with Crippen molar-refractivity contribution in [1.29, 1.82) is 0 Å². The molecule has 14 heavy (non-hydrogen) atoms. The molecule has 0 fully saturated rings. The fourth-order valence-electron chi connectivity index (χ4n) is 1.75. The molecule has 1 aromatic rings. The molecule has 0 aliphatic heterocycles. The first-order valence-corrected chi connectivity index (χ1v) is 15.4. The molecular formula is C13H20Sn. The first kappa shape index (κ1) is 11.8. The Bertz CT molecular complexity index is 293. The van der Waals surface area contributed by atoms with Crippen LogP contribution in [-0.2, 0) is 0 Å². The Labute approximate surface area is 91.9 Å². The zero-order valence-electron chi connectivity index (χ0n) is 9.62. The predicted octanol–water partition coefficient (Wildman–Crippen LogP) is 4.22. The summed E-state index contributed by atoms with van der Waals surface area (Å²) in [5.41, 5.74) is 1.49. The predicted molar refractivity (Wildman–Crippen MR) is 67.3 cm³/mol. The second-order valence-electron chi connectivity index (χ2n) is 4.78. The van der Waals surface area contributed by atoms with Gasteiger partial charge in [-0.2, -0.15) is 0 Å². The van der Waals surface area contributed by atoms with E-state index in [1.807, 2.05) is 0 Å². The van der Waals surface area contributed by atoms with Crippen LogP contribution in [0.15, 0.2) is 42.5 Å². The summed E-state index contributed by atoms with van der Waals surface area (Å²) in [6, 6.07) is 10.9. The topological polar surface area (TPSA) is 0 Å². The first-order valence-electron chi connectivity index (χ1n) is 5.23. The SMILES string of the molecule is C/C=C\[CH](c1ccccc1)[Sn]([CH3])([CH3])[CH3]. The van der Waals surface area contributed by atoms with Gasteiger partial charge in [-0.1, -0.05) is 0 Å². The number of allylic oxidation sites excluding steroid dienone is 2. The minimum absolute atomic E-state index is 0.718. The Morgan fingerprint density at radius 1 is 1.07 bits per heavy atom. The van der Waals surface area contributed by atoms with Gasteiger partial charge in [0.2, 0.25) is 0 Å². The van der Waals surface area contributed by atoms with Gasteiger partial charge in [0, 0.05) is 0 Å². The number of benzene rings is 1. The first-order chi connectivity index (χ1) is 6.55. The zero-order valence-corrected chi connectivity index (χ0v) is 12.5. The molecule has 0 bridgehead atoms. The van der Waals surface area contributed by atoms with Crippen LogP contribution >= 0.6 is 0 Å². The molecule has 0 N–H and O–H groups in total. The summed E-state index contributed by atoms with van der Waals surface area (Å²) < 4.78 is 0.718. The molecule has 0 radical (unpaired) electrons. The molecule has 0 saturated carbocycles. The van der Waals surface area contributed by atoms with Crippen LogP contribution in [0.1, 0.15) is 16.4 Å². The molecule has 0 aliphatic carbocycles. The van der Waals surface area contributed by atoms with E-state index in [1.165, 1.54) is 5.56 Å². The van der Waals surface area contributed by atoms with Crippen molar-refractivity contribution in [3.63, 3.8) is 0 Å². The van der Waals surface area contributed by atoms with Gasteiger partial charge in [-0.15, -0.1) is 0 Å². The van der Waals surface area contributed by atoms with Gasteiger partial charge in [-0.3, -0.25) is 0 Å². The molecule has 1 heteroatoms. The van der Waals surface area contributed by atoms with Gasteiger partial charge in [0.25, 0.3) is 0 Å². The summed E-state index contributed by atoms with van der Waals surface area (Å²) in [5.74, 6) is 0. The van der Waals surface area contributed by atoms with Crippen LogP contribution in [0.4, 0.5) is 0 Å². The van der Waals surface area contributed by atoms with E-state index in [-0.39, 0.29) is 0 Å². The van der Waals surface area contributed by atoms with E-state index >= 15 is 0 Å². The molecule has 1 unspecified atom stereocenters. The molecule has 0 heterocycles. The van der Waals surface area contributed by atoms with E-state index in [1.54, 1.807) is 0 Å². The second kappa shape index (κ2) is 5.01. The van der Waals surface area contributed by atoms with Crippen LogP contribution in [0, 0.1) is 0 Å². The maximum absolute atomic E-state index is 2.49. The Kier molecular flexibility index (Phi) is 4.24. The molecule has 1 atom stereocenters. The van der Waals surface area contributed by atoms with Crippen molar-refractivity contribution >= 4 is 18.4 Å². The van der Waals surface area contributed by atoms with Crippen LogP contribution in [0.25, 0.3) is 0 Å². The summed E-state index contributed by atoms with van der Waals surface area (Å²) in [6.45, 7) is 2.12. The average molecular weight is 295 g/mol. The standard InChI is InChI=1S/C10H11.3CH3.Sn/c1-2-3-7-10-8-5-4-6-9-10;;;;/h2-9H,1H3;3*1H3;/b3-2-;;;;. The van der Waals surface area contributed by atoms with Crippen molar-refractivity contribution < 1.29 is 0 Å². The number of hydrogen-bond acceptors (Lipinski definition) is 0. The second-order valence-corrected chi connectivity index (χ2v) is 20.1. The van der Waals surface area contributed by atoms with Crippen LogP contribution in [0.2, 0.25) is 14.8 Å². The zero-order chi connectivity index (χ0) is 10.6. The fraction of sp³-hybridized carbons (Fsp3) is 0.385. The summed E-state index contributed by atoms with van der Waals surface area (Å²) in [6.07, 6.45) is 4.57. The third kappa shape index (κ3) is 3.16. The third-order valence-corrected chi connectivity index (χ3v) is 9.30. The van der Waals surface area contributed by atoms with Crippen LogP contribution in [-0.4, -0.2) is 18.4 Å². The van der Waals surface area contributed by atoms with E-state index in [0.29, 0.717) is 0 Å². The van der Waals surface area contributed by atoms with Gasteiger partial charge in [0.05, 0.1) is 0 Å². The fourth-order valence-corrected chi connectivity index (χ4v) is 7.35. The van der Waals surface area contributed by atoms with Crippen molar-refractivity contribution in [2.45, 2.75) is 25.7 Å². The molecule has 0 saturated heterocycles. The molecule has 76 valence electrons. The van der Waals surface area contributed by atoms with Crippen molar-refractivity contribution in [2.24, 2.45) is 0 Å². The van der Waals surface area contributed by atoms with E-state index in [4.69, 9.17) is 0 Å². The van der Waals surface area contributed by atoms with Gasteiger partial charge in [0.15, 0.2) is 0 Å². The van der Waals surface area contributed by atoms with E-state index in [9.17, 15) is 0 Å². The Hall–Kier alpha value is -0.241. The van der Waals surface area contributed by atoms with Crippen LogP contribution < -0.4 is 0 Å². The van der Waals surface area contributed by atoms with E-state index in [2.05, 4.69) is 64.2 Å². The molecule has 0 nitrogen and oxygen atoms in total. The van der Waals surface area contributed by atoms with E-state index < -0.39 is 18.4 Å². The van der Waals surface area contributed by atoms with Crippen LogP contribution in [0.5, 0.6) is 0 Å². The summed E-state index contributed by atoms with van der Waals surface area (Å²) in [4.78, 5) is 7.48. The maximum atomic E-state index is 2.49. The normalized spacial score (nSPS) is 14.6. The number of rotatable bonds is 3. The molecular weight excluding hydrogens is 275 g/mol. The molecule has 0 amide bonds. The molecule has 0 spiro atoms. The van der Waals surface area contributed by atoms with Gasteiger partial charge in [-0.25, -0.2) is 0 Å². The van der Waals surface area contributed by atoms with Gasteiger partial charge in [-0.05, 0) is 0 Å². The molecule has 0 aliphatic rings. The van der Waals surface area contributed by atoms with E-state index in [0.717, 1.165) is 3.93 Å². The Morgan fingerprint density at radius 3 is 2.07 bits per heavy atom. The molecule has 1 aromatic carbocycles. The molecule has 1 rings (SSSR count). The Balaban J connectivity index is 3.01.